The Morgan fingerprint density at radius 1 is 1.23 bits per heavy atom. The summed E-state index contributed by atoms with van der Waals surface area (Å²) in [6.45, 7) is 4.16. The molecule has 4 rings (SSSR count). The number of carbonyl (C=O) groups is 1. The van der Waals surface area contributed by atoms with Gasteiger partial charge in [0.15, 0.2) is 0 Å². The maximum Gasteiger partial charge on any atom is 0.228 e. The van der Waals surface area contributed by atoms with Crippen molar-refractivity contribution in [3.8, 4) is 0 Å². The van der Waals surface area contributed by atoms with Crippen LogP contribution >= 0.6 is 0 Å². The molecule has 1 fully saturated rings. The monoisotopic (exact) mass is 432 g/mol. The summed E-state index contributed by atoms with van der Waals surface area (Å²) in [7, 11) is -3.38. The third kappa shape index (κ3) is 3.83. The molecule has 0 unspecified atom stereocenters. The van der Waals surface area contributed by atoms with Crippen molar-refractivity contribution in [3.63, 3.8) is 0 Å². The lowest BCUT2D eigenvalue weighted by Crippen LogP contribution is -2.37. The quantitative estimate of drug-likeness (QED) is 0.726. The molecule has 3 heterocycles. The third-order valence-electron chi connectivity index (χ3n) is 5.81. The van der Waals surface area contributed by atoms with Crippen LogP contribution in [0.25, 0.3) is 0 Å². The Hall–Kier alpha value is -2.39. The molecule has 30 heavy (non-hydrogen) atoms. The Morgan fingerprint density at radius 2 is 2.03 bits per heavy atom. The smallest absolute Gasteiger partial charge is 0.228 e. The van der Waals surface area contributed by atoms with Gasteiger partial charge >= 0.3 is 0 Å². The van der Waals surface area contributed by atoms with Gasteiger partial charge in [-0.25, -0.2) is 22.8 Å². The van der Waals surface area contributed by atoms with Crippen LogP contribution in [-0.4, -0.2) is 40.9 Å². The summed E-state index contributed by atoms with van der Waals surface area (Å²) in [5, 5.41) is 0. The lowest BCUT2D eigenvalue weighted by atomic mass is 10.0. The first-order chi connectivity index (χ1) is 14.3. The molecule has 0 saturated carbocycles. The van der Waals surface area contributed by atoms with Gasteiger partial charge in [-0.3, -0.25) is 9.69 Å². The summed E-state index contributed by atoms with van der Waals surface area (Å²) in [5.74, 6) is 0.527. The molecule has 1 saturated heterocycles. The van der Waals surface area contributed by atoms with Crippen molar-refractivity contribution in [2.45, 2.75) is 52.1 Å². The summed E-state index contributed by atoms with van der Waals surface area (Å²) in [6, 6.07) is 5.73. The second kappa shape index (κ2) is 8.03. The van der Waals surface area contributed by atoms with Crippen LogP contribution in [0, 0.1) is 12.7 Å². The van der Waals surface area contributed by atoms with Gasteiger partial charge in [0.05, 0.1) is 18.3 Å². The summed E-state index contributed by atoms with van der Waals surface area (Å²) in [5.41, 5.74) is 2.32. The molecule has 1 atom stereocenters. The van der Waals surface area contributed by atoms with Gasteiger partial charge in [-0.2, -0.15) is 4.31 Å². The molecule has 0 N–H and O–H groups in total. The molecule has 2 aliphatic rings. The van der Waals surface area contributed by atoms with E-state index >= 15 is 0 Å². The minimum absolute atomic E-state index is 0.0254. The van der Waals surface area contributed by atoms with Crippen molar-refractivity contribution in [3.05, 3.63) is 52.7 Å². The van der Waals surface area contributed by atoms with Crippen molar-refractivity contribution >= 4 is 21.7 Å². The average molecular weight is 433 g/mol. The summed E-state index contributed by atoms with van der Waals surface area (Å²) >= 11 is 0. The normalized spacial score (nSPS) is 19.9. The number of hydrogen-bond acceptors (Lipinski definition) is 5. The highest BCUT2D eigenvalue weighted by atomic mass is 32.2. The van der Waals surface area contributed by atoms with Gasteiger partial charge in [-0.05, 0) is 50.8 Å². The van der Waals surface area contributed by atoms with Crippen LogP contribution in [0.3, 0.4) is 0 Å². The summed E-state index contributed by atoms with van der Waals surface area (Å²) in [6.07, 6.45) is 2.28. The molecule has 7 nitrogen and oxygen atoms in total. The molecule has 2 aliphatic heterocycles. The maximum atomic E-state index is 13.6. The van der Waals surface area contributed by atoms with Crippen LogP contribution < -0.4 is 4.90 Å². The minimum atomic E-state index is -3.38. The number of aromatic nitrogens is 2. The zero-order valence-corrected chi connectivity index (χ0v) is 18.0. The number of fused-ring (bicyclic) bond motifs is 1. The fourth-order valence-corrected chi connectivity index (χ4v) is 5.56. The highest BCUT2D eigenvalue weighted by Crippen LogP contribution is 2.36. The van der Waals surface area contributed by atoms with E-state index < -0.39 is 16.1 Å². The Kier molecular flexibility index (Phi) is 5.59. The van der Waals surface area contributed by atoms with Crippen LogP contribution in [0.5, 0.6) is 0 Å². The van der Waals surface area contributed by atoms with Crippen LogP contribution in [0.15, 0.2) is 24.3 Å². The van der Waals surface area contributed by atoms with Crippen molar-refractivity contribution in [1.29, 1.82) is 0 Å². The van der Waals surface area contributed by atoms with Crippen LogP contribution in [0.1, 0.15) is 54.9 Å². The number of carbonyl (C=O) groups excluding carboxylic acids is 1. The molecule has 1 amide bonds. The molecular weight excluding hydrogens is 407 g/mol. The Morgan fingerprint density at radius 3 is 2.77 bits per heavy atom. The SMILES string of the molecule is CCS(=O)(=O)N1CCC[C@@H]1c1nc(C)c2c(n1)N(Cc1cccc(F)c1)C(=O)CC2. The molecular formula is C21H25FN4O3S. The number of hydrogen-bond donors (Lipinski definition) is 0. The number of anilines is 1. The van der Waals surface area contributed by atoms with E-state index in [4.69, 9.17) is 4.98 Å². The van der Waals surface area contributed by atoms with E-state index in [1.165, 1.54) is 16.4 Å². The molecule has 0 spiro atoms. The van der Waals surface area contributed by atoms with E-state index in [0.29, 0.717) is 43.0 Å². The van der Waals surface area contributed by atoms with Gasteiger partial charge < -0.3 is 0 Å². The number of amides is 1. The summed E-state index contributed by atoms with van der Waals surface area (Å²) in [4.78, 5) is 23.6. The fourth-order valence-electron chi connectivity index (χ4n) is 4.23. The fraction of sp³-hybridized carbons (Fsp3) is 0.476. The molecule has 160 valence electrons. The molecule has 1 aromatic carbocycles. The first-order valence-electron chi connectivity index (χ1n) is 10.2. The molecule has 0 radical (unpaired) electrons. The second-order valence-corrected chi connectivity index (χ2v) is 9.96. The molecule has 1 aromatic heterocycles. The summed E-state index contributed by atoms with van der Waals surface area (Å²) < 4.78 is 40.2. The van der Waals surface area contributed by atoms with Crippen molar-refractivity contribution in [2.24, 2.45) is 0 Å². The van der Waals surface area contributed by atoms with Gasteiger partial charge in [0.25, 0.3) is 0 Å². The Labute approximate surface area is 176 Å². The van der Waals surface area contributed by atoms with Gasteiger partial charge in [0.2, 0.25) is 15.9 Å². The molecule has 9 heteroatoms. The van der Waals surface area contributed by atoms with Crippen molar-refractivity contribution in [1.82, 2.24) is 14.3 Å². The average Bonchev–Trinajstić information content (AvgIpc) is 3.21. The maximum absolute atomic E-state index is 13.6. The number of benzene rings is 1. The van der Waals surface area contributed by atoms with E-state index in [9.17, 15) is 17.6 Å². The van der Waals surface area contributed by atoms with E-state index in [1.54, 1.807) is 24.0 Å². The Balaban J connectivity index is 1.74. The number of nitrogens with zero attached hydrogens (tertiary/aromatic N) is 4. The lowest BCUT2D eigenvalue weighted by molar-refractivity contribution is -0.119. The van der Waals surface area contributed by atoms with Crippen LogP contribution in [-0.2, 0) is 27.8 Å². The molecule has 2 aromatic rings. The lowest BCUT2D eigenvalue weighted by Gasteiger charge is -2.31. The third-order valence-corrected chi connectivity index (χ3v) is 7.69. The Bertz CT molecular complexity index is 1090. The van der Waals surface area contributed by atoms with Gasteiger partial charge in [0.1, 0.15) is 17.5 Å². The first kappa shape index (κ1) is 20.9. The second-order valence-electron chi connectivity index (χ2n) is 7.75. The predicted molar refractivity (Wildman–Crippen MR) is 111 cm³/mol. The van der Waals surface area contributed by atoms with Gasteiger partial charge in [-0.15, -0.1) is 0 Å². The highest BCUT2D eigenvalue weighted by Gasteiger charge is 2.37. The first-order valence-corrected chi connectivity index (χ1v) is 11.8. The number of rotatable bonds is 5. The highest BCUT2D eigenvalue weighted by molar-refractivity contribution is 7.89. The van der Waals surface area contributed by atoms with E-state index in [-0.39, 0.29) is 24.0 Å². The number of sulfonamides is 1. The van der Waals surface area contributed by atoms with Crippen molar-refractivity contribution in [2.75, 3.05) is 17.2 Å². The van der Waals surface area contributed by atoms with Crippen LogP contribution in [0.4, 0.5) is 10.2 Å². The van der Waals surface area contributed by atoms with Gasteiger partial charge in [0, 0.05) is 24.2 Å². The largest absolute Gasteiger partial charge is 0.292 e. The van der Waals surface area contributed by atoms with Gasteiger partial charge in [-0.1, -0.05) is 12.1 Å². The zero-order valence-electron chi connectivity index (χ0n) is 17.1. The van der Waals surface area contributed by atoms with Crippen molar-refractivity contribution < 1.29 is 17.6 Å². The topological polar surface area (TPSA) is 83.5 Å². The van der Waals surface area contributed by atoms with Crippen LogP contribution in [0.2, 0.25) is 0 Å². The molecule has 0 bridgehead atoms. The van der Waals surface area contributed by atoms with E-state index in [0.717, 1.165) is 17.7 Å². The van der Waals surface area contributed by atoms with E-state index in [1.807, 2.05) is 6.92 Å². The zero-order chi connectivity index (χ0) is 21.5. The number of halogens is 1. The number of aryl methyl sites for hydroxylation is 1. The predicted octanol–water partition coefficient (Wildman–Crippen LogP) is 2.89. The molecule has 0 aliphatic carbocycles. The standard InChI is InChI=1S/C21H25FN4O3S/c1-3-30(28,29)26-11-5-8-18(26)20-23-14(2)17-9-10-19(27)25(21(17)24-20)13-15-6-4-7-16(22)12-15/h4,6-7,12,18H,3,5,8-11,13H2,1-2H3/t18-/m1/s1. The minimum Gasteiger partial charge on any atom is -0.292 e. The van der Waals surface area contributed by atoms with E-state index in [2.05, 4.69) is 4.98 Å².